The number of anilines is 2. The minimum Gasteiger partial charge on any atom is -0.316 e. The molecule has 0 atom stereocenters. The molecule has 0 unspecified atom stereocenters. The lowest BCUT2D eigenvalue weighted by Gasteiger charge is -2.18. The number of hydrogen-bond donors (Lipinski definition) is 1. The maximum Gasteiger partial charge on any atom is 0.310 e. The number of aromatic nitrogens is 3. The molecular formula is C22H21FN4S. The fraction of sp³-hybridized carbons (Fsp3) is 0.227. The Kier molecular flexibility index (Phi) is 4.81. The van der Waals surface area contributed by atoms with E-state index in [-0.39, 0.29) is 5.41 Å². The highest BCUT2D eigenvalue weighted by Crippen LogP contribution is 2.32. The Balaban J connectivity index is 1.60. The van der Waals surface area contributed by atoms with Crippen molar-refractivity contribution in [2.75, 3.05) is 5.32 Å². The number of nitrogens with zero attached hydrogens (tertiary/aromatic N) is 3. The Hall–Kier alpha value is -2.86. The summed E-state index contributed by atoms with van der Waals surface area (Å²) in [5.41, 5.74) is 3.94. The van der Waals surface area contributed by atoms with Crippen LogP contribution in [0.3, 0.4) is 0 Å². The third-order valence-electron chi connectivity index (χ3n) is 4.47. The van der Waals surface area contributed by atoms with Crippen molar-refractivity contribution in [1.29, 1.82) is 0 Å². The fourth-order valence-corrected chi connectivity index (χ4v) is 3.89. The van der Waals surface area contributed by atoms with Crippen LogP contribution in [-0.4, -0.2) is 15.0 Å². The minimum atomic E-state index is -0.743. The molecule has 1 N–H and O–H groups in total. The van der Waals surface area contributed by atoms with E-state index in [2.05, 4.69) is 53.2 Å². The third-order valence-corrected chi connectivity index (χ3v) is 5.40. The molecule has 0 saturated heterocycles. The van der Waals surface area contributed by atoms with Gasteiger partial charge < -0.3 is 5.32 Å². The zero-order valence-corrected chi connectivity index (χ0v) is 16.8. The maximum atomic E-state index is 13.9. The summed E-state index contributed by atoms with van der Waals surface area (Å²) < 4.78 is 15.0. The summed E-state index contributed by atoms with van der Waals surface area (Å²) in [6.45, 7) is 6.56. The normalized spacial score (nSPS) is 11.7. The van der Waals surface area contributed by atoms with E-state index in [0.29, 0.717) is 23.1 Å². The van der Waals surface area contributed by atoms with Gasteiger partial charge in [0.1, 0.15) is 5.82 Å². The molecule has 142 valence electrons. The van der Waals surface area contributed by atoms with Gasteiger partial charge in [-0.25, -0.2) is 9.97 Å². The smallest absolute Gasteiger partial charge is 0.310 e. The van der Waals surface area contributed by atoms with Crippen LogP contribution in [0.15, 0.2) is 54.6 Å². The van der Waals surface area contributed by atoms with Crippen molar-refractivity contribution in [3.05, 3.63) is 77.5 Å². The average molecular weight is 393 g/mol. The Labute approximate surface area is 167 Å². The second-order valence-electron chi connectivity index (χ2n) is 7.75. The Morgan fingerprint density at radius 2 is 1.75 bits per heavy atom. The lowest BCUT2D eigenvalue weighted by atomic mass is 9.87. The molecule has 6 heteroatoms. The van der Waals surface area contributed by atoms with Crippen LogP contribution >= 0.6 is 11.3 Å². The quantitative estimate of drug-likeness (QED) is 0.442. The van der Waals surface area contributed by atoms with Gasteiger partial charge in [-0.15, -0.1) is 0 Å². The van der Waals surface area contributed by atoms with Crippen molar-refractivity contribution < 1.29 is 4.39 Å². The largest absolute Gasteiger partial charge is 0.316 e. The van der Waals surface area contributed by atoms with Gasteiger partial charge in [-0.2, -0.15) is 9.37 Å². The zero-order chi connectivity index (χ0) is 19.7. The molecule has 0 aliphatic rings. The number of halogens is 1. The first kappa shape index (κ1) is 18.5. The van der Waals surface area contributed by atoms with Gasteiger partial charge in [-0.05, 0) is 28.7 Å². The van der Waals surface area contributed by atoms with Crippen molar-refractivity contribution in [3.63, 3.8) is 0 Å². The number of fused-ring (bicyclic) bond motifs is 1. The molecule has 2 heterocycles. The zero-order valence-electron chi connectivity index (χ0n) is 16.0. The molecule has 0 spiro atoms. The van der Waals surface area contributed by atoms with Crippen molar-refractivity contribution in [1.82, 2.24) is 15.0 Å². The number of thiazole rings is 1. The van der Waals surface area contributed by atoms with Gasteiger partial charge in [0.25, 0.3) is 0 Å². The molecule has 0 radical (unpaired) electrons. The van der Waals surface area contributed by atoms with Crippen LogP contribution in [0.2, 0.25) is 0 Å². The predicted octanol–water partition coefficient (Wildman–Crippen LogP) is 5.86. The topological polar surface area (TPSA) is 50.7 Å². The average Bonchev–Trinajstić information content (AvgIpc) is 3.02. The molecule has 2 aromatic heterocycles. The Morgan fingerprint density at radius 1 is 0.964 bits per heavy atom. The summed E-state index contributed by atoms with van der Waals surface area (Å²) in [6.07, 6.45) is -0.198. The molecular weight excluding hydrogens is 371 g/mol. The molecule has 4 aromatic rings. The Morgan fingerprint density at radius 3 is 2.50 bits per heavy atom. The summed E-state index contributed by atoms with van der Waals surface area (Å²) in [5, 5.41) is 3.82. The van der Waals surface area contributed by atoms with Crippen LogP contribution in [0.25, 0.3) is 10.2 Å². The molecule has 4 nitrogen and oxygen atoms in total. The highest BCUT2D eigenvalue weighted by Gasteiger charge is 2.15. The molecule has 0 fully saturated rings. The molecule has 4 rings (SSSR count). The van der Waals surface area contributed by atoms with E-state index in [0.717, 1.165) is 15.8 Å². The molecule has 28 heavy (non-hydrogen) atoms. The lowest BCUT2D eigenvalue weighted by molar-refractivity contribution is 0.535. The number of hydrogen-bond acceptors (Lipinski definition) is 5. The third kappa shape index (κ3) is 4.17. The molecule has 0 aliphatic carbocycles. The molecule has 2 aromatic carbocycles. The van der Waals surface area contributed by atoms with E-state index >= 15 is 0 Å². The molecule has 0 bridgehead atoms. The van der Waals surface area contributed by atoms with E-state index in [9.17, 15) is 4.39 Å². The highest BCUT2D eigenvalue weighted by molar-refractivity contribution is 7.22. The van der Waals surface area contributed by atoms with Gasteiger partial charge in [0, 0.05) is 12.5 Å². The van der Waals surface area contributed by atoms with Crippen LogP contribution in [0.5, 0.6) is 0 Å². The predicted molar refractivity (Wildman–Crippen MR) is 113 cm³/mol. The monoisotopic (exact) mass is 392 g/mol. The van der Waals surface area contributed by atoms with E-state index < -0.39 is 6.08 Å². The first-order valence-electron chi connectivity index (χ1n) is 9.12. The summed E-state index contributed by atoms with van der Waals surface area (Å²) >= 11 is 1.53. The van der Waals surface area contributed by atoms with Crippen molar-refractivity contribution in [2.45, 2.75) is 32.6 Å². The summed E-state index contributed by atoms with van der Waals surface area (Å²) in [4.78, 5) is 12.4. The van der Waals surface area contributed by atoms with E-state index in [1.165, 1.54) is 16.9 Å². The first-order valence-corrected chi connectivity index (χ1v) is 9.94. The van der Waals surface area contributed by atoms with Crippen LogP contribution in [0.1, 0.15) is 37.6 Å². The number of rotatable bonds is 4. The van der Waals surface area contributed by atoms with E-state index in [4.69, 9.17) is 0 Å². The summed E-state index contributed by atoms with van der Waals surface area (Å²) in [5.74, 6) is 0.411. The maximum absolute atomic E-state index is 13.9. The van der Waals surface area contributed by atoms with Crippen molar-refractivity contribution in [2.24, 2.45) is 0 Å². The second-order valence-corrected chi connectivity index (χ2v) is 8.78. The standard InChI is InChI=1S/C22H21FN4S/c1-22(2,3)15-9-10-17-18(12-15)28-21(25-17)27-19-13-16(24-20(23)26-19)11-14-7-5-4-6-8-14/h4-10,12-13H,11H2,1-3H3,(H,24,25,26,27). The highest BCUT2D eigenvalue weighted by atomic mass is 32.1. The minimum absolute atomic E-state index is 0.0773. The molecule has 0 saturated carbocycles. The van der Waals surface area contributed by atoms with Crippen molar-refractivity contribution >= 4 is 32.5 Å². The van der Waals surface area contributed by atoms with Gasteiger partial charge in [0.05, 0.1) is 15.9 Å². The molecule has 0 amide bonds. The van der Waals surface area contributed by atoms with Crippen LogP contribution in [-0.2, 0) is 11.8 Å². The lowest BCUT2D eigenvalue weighted by Crippen LogP contribution is -2.10. The first-order chi connectivity index (χ1) is 13.4. The van der Waals surface area contributed by atoms with Gasteiger partial charge in [-0.3, -0.25) is 0 Å². The van der Waals surface area contributed by atoms with E-state index in [1.807, 2.05) is 36.4 Å². The van der Waals surface area contributed by atoms with Gasteiger partial charge in [-0.1, -0.05) is 68.5 Å². The van der Waals surface area contributed by atoms with Gasteiger partial charge >= 0.3 is 6.08 Å². The second kappa shape index (κ2) is 7.28. The fourth-order valence-electron chi connectivity index (χ4n) is 2.98. The van der Waals surface area contributed by atoms with Gasteiger partial charge in [0.15, 0.2) is 5.13 Å². The molecule has 0 aliphatic heterocycles. The summed E-state index contributed by atoms with van der Waals surface area (Å²) in [7, 11) is 0. The van der Waals surface area contributed by atoms with Crippen LogP contribution in [0, 0.1) is 6.08 Å². The van der Waals surface area contributed by atoms with Gasteiger partial charge in [0.2, 0.25) is 0 Å². The van der Waals surface area contributed by atoms with Crippen LogP contribution in [0.4, 0.5) is 15.3 Å². The number of nitrogens with one attached hydrogen (secondary N) is 1. The summed E-state index contributed by atoms with van der Waals surface area (Å²) in [6, 6.07) is 17.9. The van der Waals surface area contributed by atoms with Crippen LogP contribution < -0.4 is 5.32 Å². The SMILES string of the molecule is CC(C)(C)c1ccc2nc(Nc3cc(Cc4ccccc4)nc(F)n3)sc2c1. The Bertz CT molecular complexity index is 1120. The number of benzene rings is 2. The van der Waals surface area contributed by atoms with Crippen molar-refractivity contribution in [3.8, 4) is 0 Å². The van der Waals surface area contributed by atoms with E-state index in [1.54, 1.807) is 6.07 Å².